The van der Waals surface area contributed by atoms with Gasteiger partial charge in [0.05, 0.1) is 6.54 Å². The summed E-state index contributed by atoms with van der Waals surface area (Å²) >= 11 is 0. The van der Waals surface area contributed by atoms with Crippen molar-refractivity contribution in [1.82, 2.24) is 10.2 Å². The molecular weight excluding hydrogens is 346 g/mol. The topological polar surface area (TPSA) is 58.4 Å². The standard InChI is InChI=1S/C24H25N3O/c25-23-13-7-12-20-15-27(16-22(20)23)17-24(28)26-14-21(18-8-3-1-4-9-18)19-10-5-2-6-11-19/h1-13,21H,14-17,25H2,(H,26,28). The van der Waals surface area contributed by atoms with Crippen LogP contribution < -0.4 is 11.1 Å². The molecule has 0 aromatic heterocycles. The van der Waals surface area contributed by atoms with Crippen LogP contribution in [-0.4, -0.2) is 23.9 Å². The lowest BCUT2D eigenvalue weighted by atomic mass is 9.91. The third-order valence-corrected chi connectivity index (χ3v) is 5.36. The van der Waals surface area contributed by atoms with Gasteiger partial charge in [0.2, 0.25) is 5.91 Å². The summed E-state index contributed by atoms with van der Waals surface area (Å²) in [6, 6.07) is 26.6. The lowest BCUT2D eigenvalue weighted by Gasteiger charge is -2.20. The van der Waals surface area contributed by atoms with Crippen molar-refractivity contribution >= 4 is 11.6 Å². The first-order valence-corrected chi connectivity index (χ1v) is 9.66. The lowest BCUT2D eigenvalue weighted by Crippen LogP contribution is -2.36. The van der Waals surface area contributed by atoms with E-state index in [9.17, 15) is 4.79 Å². The van der Waals surface area contributed by atoms with Gasteiger partial charge >= 0.3 is 0 Å². The average molecular weight is 371 g/mol. The molecule has 4 heteroatoms. The Hall–Kier alpha value is -3.11. The number of carbonyl (C=O) groups excluding carboxylic acids is 1. The number of nitrogens with two attached hydrogens (primary N) is 1. The Balaban J connectivity index is 1.39. The predicted molar refractivity (Wildman–Crippen MR) is 113 cm³/mol. The Morgan fingerprint density at radius 2 is 1.54 bits per heavy atom. The predicted octanol–water partition coefficient (Wildman–Crippen LogP) is 3.53. The molecule has 1 amide bonds. The van der Waals surface area contributed by atoms with Gasteiger partial charge in [0.15, 0.2) is 0 Å². The van der Waals surface area contributed by atoms with Crippen molar-refractivity contribution in [2.24, 2.45) is 0 Å². The molecule has 142 valence electrons. The molecule has 4 nitrogen and oxygen atoms in total. The Morgan fingerprint density at radius 3 is 2.14 bits per heavy atom. The largest absolute Gasteiger partial charge is 0.398 e. The van der Waals surface area contributed by atoms with E-state index in [1.54, 1.807) is 0 Å². The molecule has 3 N–H and O–H groups in total. The van der Waals surface area contributed by atoms with Crippen molar-refractivity contribution in [1.29, 1.82) is 0 Å². The molecule has 3 aromatic rings. The van der Waals surface area contributed by atoms with E-state index in [1.807, 2.05) is 48.5 Å². The molecular formula is C24H25N3O. The summed E-state index contributed by atoms with van der Waals surface area (Å²) in [4.78, 5) is 14.8. The van der Waals surface area contributed by atoms with Crippen LogP contribution in [-0.2, 0) is 17.9 Å². The highest BCUT2D eigenvalue weighted by Gasteiger charge is 2.23. The number of amides is 1. The van der Waals surface area contributed by atoms with Crippen LogP contribution in [0.25, 0.3) is 0 Å². The van der Waals surface area contributed by atoms with Crippen molar-refractivity contribution in [2.75, 3.05) is 18.8 Å². The van der Waals surface area contributed by atoms with E-state index in [0.717, 1.165) is 24.3 Å². The van der Waals surface area contributed by atoms with Crippen LogP contribution in [0.5, 0.6) is 0 Å². The molecule has 3 aromatic carbocycles. The average Bonchev–Trinajstić information content (AvgIpc) is 3.13. The molecule has 0 unspecified atom stereocenters. The first kappa shape index (κ1) is 18.3. The van der Waals surface area contributed by atoms with Gasteiger partial charge in [0.25, 0.3) is 0 Å². The van der Waals surface area contributed by atoms with Crippen molar-refractivity contribution in [2.45, 2.75) is 19.0 Å². The Labute approximate surface area is 166 Å². The number of nitrogens with zero attached hydrogens (tertiary/aromatic N) is 1. The van der Waals surface area contributed by atoms with E-state index in [0.29, 0.717) is 13.1 Å². The maximum absolute atomic E-state index is 12.6. The first-order valence-electron chi connectivity index (χ1n) is 9.66. The summed E-state index contributed by atoms with van der Waals surface area (Å²) in [6.07, 6.45) is 0. The van der Waals surface area contributed by atoms with Crippen molar-refractivity contribution in [3.8, 4) is 0 Å². The first-order chi connectivity index (χ1) is 13.7. The zero-order valence-electron chi connectivity index (χ0n) is 15.8. The molecule has 0 fully saturated rings. The molecule has 28 heavy (non-hydrogen) atoms. The van der Waals surface area contributed by atoms with Gasteiger partial charge in [0, 0.05) is 31.2 Å². The van der Waals surface area contributed by atoms with Crippen LogP contribution in [0.4, 0.5) is 5.69 Å². The molecule has 0 spiro atoms. The van der Waals surface area contributed by atoms with Crippen LogP contribution >= 0.6 is 0 Å². The number of carbonyl (C=O) groups is 1. The molecule has 1 aliphatic rings. The van der Waals surface area contributed by atoms with E-state index in [2.05, 4.69) is 40.5 Å². The number of nitrogen functional groups attached to an aromatic ring is 1. The number of hydrogen-bond acceptors (Lipinski definition) is 3. The minimum absolute atomic E-state index is 0.0447. The van der Waals surface area contributed by atoms with E-state index in [-0.39, 0.29) is 11.8 Å². The number of benzene rings is 3. The molecule has 0 saturated carbocycles. The van der Waals surface area contributed by atoms with Crippen molar-refractivity contribution in [3.05, 3.63) is 101 Å². The zero-order chi connectivity index (χ0) is 19.3. The third-order valence-electron chi connectivity index (χ3n) is 5.36. The second-order valence-corrected chi connectivity index (χ2v) is 7.31. The number of rotatable bonds is 6. The van der Waals surface area contributed by atoms with Gasteiger partial charge in [-0.3, -0.25) is 9.69 Å². The minimum Gasteiger partial charge on any atom is -0.398 e. The second kappa shape index (κ2) is 8.28. The van der Waals surface area contributed by atoms with Gasteiger partial charge in [-0.1, -0.05) is 72.8 Å². The number of fused-ring (bicyclic) bond motifs is 1. The van der Waals surface area contributed by atoms with Gasteiger partial charge in [-0.05, 0) is 28.3 Å². The molecule has 0 saturated heterocycles. The van der Waals surface area contributed by atoms with E-state index in [1.165, 1.54) is 16.7 Å². The SMILES string of the molecule is Nc1cccc2c1CN(CC(=O)NCC(c1ccccc1)c1ccccc1)C2. The molecule has 4 rings (SSSR count). The summed E-state index contributed by atoms with van der Waals surface area (Å²) < 4.78 is 0. The van der Waals surface area contributed by atoms with Crippen LogP contribution in [0, 0.1) is 0 Å². The Bertz CT molecular complexity index is 901. The van der Waals surface area contributed by atoms with E-state index >= 15 is 0 Å². The zero-order valence-corrected chi connectivity index (χ0v) is 15.8. The van der Waals surface area contributed by atoms with Gasteiger partial charge in [-0.2, -0.15) is 0 Å². The summed E-state index contributed by atoms with van der Waals surface area (Å²) in [5, 5.41) is 3.14. The fourth-order valence-electron chi connectivity index (χ4n) is 3.90. The molecule has 0 atom stereocenters. The number of hydrogen-bond donors (Lipinski definition) is 2. The van der Waals surface area contributed by atoms with Crippen LogP contribution in [0.1, 0.15) is 28.2 Å². The van der Waals surface area contributed by atoms with Crippen molar-refractivity contribution < 1.29 is 4.79 Å². The van der Waals surface area contributed by atoms with E-state index < -0.39 is 0 Å². The number of anilines is 1. The van der Waals surface area contributed by atoms with Gasteiger partial charge in [-0.25, -0.2) is 0 Å². The molecule has 0 radical (unpaired) electrons. The fourth-order valence-corrected chi connectivity index (χ4v) is 3.90. The summed E-state index contributed by atoms with van der Waals surface area (Å²) in [6.45, 7) is 2.46. The Morgan fingerprint density at radius 1 is 0.893 bits per heavy atom. The summed E-state index contributed by atoms with van der Waals surface area (Å²) in [5.41, 5.74) is 11.7. The lowest BCUT2D eigenvalue weighted by molar-refractivity contribution is -0.122. The minimum atomic E-state index is 0.0447. The van der Waals surface area contributed by atoms with Crippen LogP contribution in [0.2, 0.25) is 0 Å². The van der Waals surface area contributed by atoms with Gasteiger partial charge in [0.1, 0.15) is 0 Å². The molecule has 0 aliphatic carbocycles. The van der Waals surface area contributed by atoms with Gasteiger partial charge < -0.3 is 11.1 Å². The highest BCUT2D eigenvalue weighted by atomic mass is 16.2. The van der Waals surface area contributed by atoms with Crippen LogP contribution in [0.3, 0.4) is 0 Å². The monoisotopic (exact) mass is 371 g/mol. The Kier molecular flexibility index (Phi) is 5.40. The quantitative estimate of drug-likeness (QED) is 0.652. The molecule has 1 heterocycles. The smallest absolute Gasteiger partial charge is 0.234 e. The normalized spacial score (nSPS) is 13.5. The van der Waals surface area contributed by atoms with Gasteiger partial charge in [-0.15, -0.1) is 0 Å². The number of nitrogens with one attached hydrogen (secondary N) is 1. The molecule has 1 aliphatic heterocycles. The van der Waals surface area contributed by atoms with Crippen LogP contribution in [0.15, 0.2) is 78.9 Å². The molecule has 0 bridgehead atoms. The maximum Gasteiger partial charge on any atom is 0.234 e. The summed E-state index contributed by atoms with van der Waals surface area (Å²) in [5.74, 6) is 0.181. The highest BCUT2D eigenvalue weighted by Crippen LogP contribution is 2.27. The highest BCUT2D eigenvalue weighted by molar-refractivity contribution is 5.78. The maximum atomic E-state index is 12.6. The fraction of sp³-hybridized carbons (Fsp3) is 0.208. The van der Waals surface area contributed by atoms with Crippen molar-refractivity contribution in [3.63, 3.8) is 0 Å². The summed E-state index contributed by atoms with van der Waals surface area (Å²) in [7, 11) is 0. The second-order valence-electron chi connectivity index (χ2n) is 7.31. The third kappa shape index (κ3) is 4.07. The van der Waals surface area contributed by atoms with E-state index in [4.69, 9.17) is 5.73 Å².